The van der Waals surface area contributed by atoms with Crippen LogP contribution < -0.4 is 10.6 Å². The molecule has 3 N–H and O–H groups in total. The molecule has 0 bridgehead atoms. The molecule has 0 saturated heterocycles. The molecule has 0 heterocycles. The summed E-state index contributed by atoms with van der Waals surface area (Å²) in [5.41, 5.74) is -0.0813. The van der Waals surface area contributed by atoms with Gasteiger partial charge in [-0.3, -0.25) is 10.1 Å². The highest BCUT2D eigenvalue weighted by atomic mass is 35.5. The molecule has 3 amide bonds. The number of benzene rings is 1. The first-order valence-electron chi connectivity index (χ1n) is 4.97. The van der Waals surface area contributed by atoms with E-state index in [0.717, 1.165) is 12.1 Å². The van der Waals surface area contributed by atoms with Gasteiger partial charge in [0, 0.05) is 12.2 Å². The van der Waals surface area contributed by atoms with Crippen LogP contribution in [0.2, 0.25) is 10.0 Å². The van der Waals surface area contributed by atoms with E-state index in [1.807, 2.05) is 0 Å². The molecule has 9 heteroatoms. The summed E-state index contributed by atoms with van der Waals surface area (Å²) in [5.74, 6) is -2.99. The fourth-order valence-corrected chi connectivity index (χ4v) is 1.66. The van der Waals surface area contributed by atoms with E-state index in [-0.39, 0.29) is 15.7 Å². The quantitative estimate of drug-likeness (QED) is 0.745. The summed E-state index contributed by atoms with van der Waals surface area (Å²) in [7, 11) is 0. The van der Waals surface area contributed by atoms with E-state index in [1.54, 1.807) is 5.32 Å². The van der Waals surface area contributed by atoms with Crippen molar-refractivity contribution in [2.75, 3.05) is 5.32 Å². The van der Waals surface area contributed by atoms with Gasteiger partial charge in [0.05, 0.1) is 15.7 Å². The van der Waals surface area contributed by atoms with Crippen molar-refractivity contribution >= 4 is 46.8 Å². The second-order valence-corrected chi connectivity index (χ2v) is 4.17. The van der Waals surface area contributed by atoms with Gasteiger partial charge >= 0.3 is 12.0 Å². The molecule has 1 aromatic carbocycles. The Morgan fingerprint density at radius 2 is 1.70 bits per heavy atom. The third-order valence-electron chi connectivity index (χ3n) is 1.86. The van der Waals surface area contributed by atoms with E-state index in [9.17, 15) is 18.8 Å². The molecular weight excluding hydrogens is 314 g/mol. The average Bonchev–Trinajstić information content (AvgIpc) is 2.31. The molecule has 106 valence electrons. The summed E-state index contributed by atoms with van der Waals surface area (Å²) in [6, 6.07) is 0.852. The summed E-state index contributed by atoms with van der Waals surface area (Å²) >= 11 is 11.3. The Labute approximate surface area is 122 Å². The van der Waals surface area contributed by atoms with Crippen molar-refractivity contribution in [3.05, 3.63) is 40.1 Å². The smallest absolute Gasteiger partial charge is 0.328 e. The SMILES string of the molecule is O=C(O)/C=C/C(=O)NC(=O)Nc1c(Cl)cc(F)cc1Cl. The number of anilines is 1. The van der Waals surface area contributed by atoms with Gasteiger partial charge in [-0.1, -0.05) is 23.2 Å². The minimum absolute atomic E-state index is 0.0813. The number of carboxylic acids is 1. The van der Waals surface area contributed by atoms with Gasteiger partial charge in [-0.05, 0) is 12.1 Å². The molecule has 0 aliphatic carbocycles. The maximum absolute atomic E-state index is 12.9. The van der Waals surface area contributed by atoms with Crippen LogP contribution in [-0.2, 0) is 9.59 Å². The van der Waals surface area contributed by atoms with Gasteiger partial charge in [-0.15, -0.1) is 0 Å². The molecule has 0 atom stereocenters. The van der Waals surface area contributed by atoms with Gasteiger partial charge in [0.1, 0.15) is 5.82 Å². The lowest BCUT2D eigenvalue weighted by molar-refractivity contribution is -0.131. The minimum atomic E-state index is -1.34. The number of imide groups is 1. The number of nitrogens with one attached hydrogen (secondary N) is 2. The first kappa shape index (κ1) is 15.9. The van der Waals surface area contributed by atoms with E-state index in [2.05, 4.69) is 5.32 Å². The van der Waals surface area contributed by atoms with Crippen molar-refractivity contribution in [1.82, 2.24) is 5.32 Å². The highest BCUT2D eigenvalue weighted by molar-refractivity contribution is 6.39. The molecule has 0 saturated carbocycles. The van der Waals surface area contributed by atoms with Crippen molar-refractivity contribution < 1.29 is 23.9 Å². The summed E-state index contributed by atoms with van der Waals surface area (Å²) in [6.45, 7) is 0. The van der Waals surface area contributed by atoms with Crippen molar-refractivity contribution in [2.45, 2.75) is 0 Å². The number of hydrogen-bond donors (Lipinski definition) is 3. The fraction of sp³-hybridized carbons (Fsp3) is 0. The largest absolute Gasteiger partial charge is 0.478 e. The molecule has 6 nitrogen and oxygen atoms in total. The maximum atomic E-state index is 12.9. The van der Waals surface area contributed by atoms with Crippen LogP contribution in [0.1, 0.15) is 0 Å². The van der Waals surface area contributed by atoms with E-state index < -0.39 is 23.7 Å². The Morgan fingerprint density at radius 1 is 1.15 bits per heavy atom. The predicted molar refractivity (Wildman–Crippen MR) is 70.4 cm³/mol. The predicted octanol–water partition coefficient (Wildman–Crippen LogP) is 2.42. The third-order valence-corrected chi connectivity index (χ3v) is 2.46. The number of halogens is 3. The molecule has 0 aliphatic rings. The number of aliphatic carboxylic acids is 1. The Morgan fingerprint density at radius 3 is 2.20 bits per heavy atom. The van der Waals surface area contributed by atoms with Crippen LogP contribution in [0.15, 0.2) is 24.3 Å². The van der Waals surface area contributed by atoms with Gasteiger partial charge in [0.2, 0.25) is 0 Å². The highest BCUT2D eigenvalue weighted by Gasteiger charge is 2.12. The molecule has 1 rings (SSSR count). The lowest BCUT2D eigenvalue weighted by Crippen LogP contribution is -2.33. The Bertz CT molecular complexity index is 581. The number of urea groups is 1. The maximum Gasteiger partial charge on any atom is 0.328 e. The van der Waals surface area contributed by atoms with Gasteiger partial charge < -0.3 is 10.4 Å². The molecular formula is C11H7Cl2FN2O4. The van der Waals surface area contributed by atoms with Crippen LogP contribution in [-0.4, -0.2) is 23.0 Å². The van der Waals surface area contributed by atoms with Gasteiger partial charge in [0.15, 0.2) is 0 Å². The Balaban J connectivity index is 2.73. The summed E-state index contributed by atoms with van der Waals surface area (Å²) < 4.78 is 12.9. The number of amides is 3. The zero-order valence-corrected chi connectivity index (χ0v) is 11.1. The van der Waals surface area contributed by atoms with Crippen molar-refractivity contribution in [2.24, 2.45) is 0 Å². The molecule has 20 heavy (non-hydrogen) atoms. The normalized spacial score (nSPS) is 10.3. The first-order chi connectivity index (χ1) is 9.29. The molecule has 0 unspecified atom stereocenters. The number of carbonyl (C=O) groups excluding carboxylic acids is 2. The Kier molecular flexibility index (Phi) is 5.48. The lowest BCUT2D eigenvalue weighted by atomic mass is 10.3. The standard InChI is InChI=1S/C11H7Cl2FN2O4/c12-6-3-5(14)4-7(13)10(6)16-11(20)15-8(17)1-2-9(18)19/h1-4H,(H,18,19)(H2,15,16,17,20)/b2-1+. The van der Waals surface area contributed by atoms with Crippen molar-refractivity contribution in [1.29, 1.82) is 0 Å². The van der Waals surface area contributed by atoms with E-state index in [4.69, 9.17) is 28.3 Å². The zero-order chi connectivity index (χ0) is 15.3. The van der Waals surface area contributed by atoms with Crippen LogP contribution in [0.25, 0.3) is 0 Å². The second-order valence-electron chi connectivity index (χ2n) is 3.36. The van der Waals surface area contributed by atoms with Gasteiger partial charge in [-0.25, -0.2) is 14.0 Å². The van der Waals surface area contributed by atoms with Crippen molar-refractivity contribution in [3.63, 3.8) is 0 Å². The topological polar surface area (TPSA) is 95.5 Å². The zero-order valence-electron chi connectivity index (χ0n) is 9.62. The van der Waals surface area contributed by atoms with Crippen LogP contribution in [0.5, 0.6) is 0 Å². The summed E-state index contributed by atoms with van der Waals surface area (Å²) in [5, 5.41) is 11.9. The monoisotopic (exact) mass is 320 g/mol. The molecule has 0 radical (unpaired) electrons. The Hall–Kier alpha value is -2.12. The van der Waals surface area contributed by atoms with Gasteiger partial charge in [0.25, 0.3) is 5.91 Å². The second kappa shape index (κ2) is 6.88. The molecule has 0 aromatic heterocycles. The van der Waals surface area contributed by atoms with E-state index in [0.29, 0.717) is 12.2 Å². The number of carbonyl (C=O) groups is 3. The lowest BCUT2D eigenvalue weighted by Gasteiger charge is -2.09. The van der Waals surface area contributed by atoms with Crippen LogP contribution >= 0.6 is 23.2 Å². The van der Waals surface area contributed by atoms with E-state index in [1.165, 1.54) is 0 Å². The van der Waals surface area contributed by atoms with Crippen molar-refractivity contribution in [3.8, 4) is 0 Å². The molecule has 1 aromatic rings. The number of rotatable bonds is 3. The summed E-state index contributed by atoms with van der Waals surface area (Å²) in [6.07, 6.45) is 1.20. The molecule has 0 fully saturated rings. The minimum Gasteiger partial charge on any atom is -0.478 e. The number of hydrogen-bond acceptors (Lipinski definition) is 3. The van der Waals surface area contributed by atoms with Crippen LogP contribution in [0, 0.1) is 5.82 Å². The first-order valence-corrected chi connectivity index (χ1v) is 5.72. The van der Waals surface area contributed by atoms with Crippen LogP contribution in [0.3, 0.4) is 0 Å². The molecule has 0 spiro atoms. The van der Waals surface area contributed by atoms with E-state index >= 15 is 0 Å². The average molecular weight is 321 g/mol. The van der Waals surface area contributed by atoms with Crippen LogP contribution in [0.4, 0.5) is 14.9 Å². The summed E-state index contributed by atoms with van der Waals surface area (Å²) in [4.78, 5) is 32.7. The third kappa shape index (κ3) is 4.87. The highest BCUT2D eigenvalue weighted by Crippen LogP contribution is 2.31. The van der Waals surface area contributed by atoms with Gasteiger partial charge in [-0.2, -0.15) is 0 Å². The number of carboxylic acid groups (broad SMARTS) is 1. The molecule has 0 aliphatic heterocycles. The fourth-order valence-electron chi connectivity index (χ4n) is 1.11.